The van der Waals surface area contributed by atoms with Crippen LogP contribution in [0.5, 0.6) is 0 Å². The smallest absolute Gasteiger partial charge is 0.239 e. The summed E-state index contributed by atoms with van der Waals surface area (Å²) in [6.45, 7) is 9.53. The van der Waals surface area contributed by atoms with Crippen LogP contribution in [0.15, 0.2) is 24.3 Å². The van der Waals surface area contributed by atoms with Gasteiger partial charge in [-0.05, 0) is 29.4 Å². The Kier molecular flexibility index (Phi) is 8.82. The van der Waals surface area contributed by atoms with Gasteiger partial charge in [-0.15, -0.1) is 0 Å². The van der Waals surface area contributed by atoms with Gasteiger partial charge in [-0.2, -0.15) is 0 Å². The Morgan fingerprint density at radius 1 is 0.885 bits per heavy atom. The van der Waals surface area contributed by atoms with Crippen molar-refractivity contribution in [1.29, 1.82) is 0 Å². The topological polar surface area (TPSA) is 87.3 Å². The monoisotopic (exact) mass is 361 g/mol. The first-order chi connectivity index (χ1) is 12.2. The van der Waals surface area contributed by atoms with E-state index in [2.05, 4.69) is 54.1 Å². The summed E-state index contributed by atoms with van der Waals surface area (Å²) in [6, 6.07) is 8.21. The van der Waals surface area contributed by atoms with Crippen LogP contribution in [0, 0.1) is 5.92 Å². The van der Waals surface area contributed by atoms with E-state index in [0.717, 1.165) is 12.0 Å². The average molecular weight is 361 g/mol. The Hall–Kier alpha value is -2.37. The third-order valence-corrected chi connectivity index (χ3v) is 4.40. The predicted molar refractivity (Wildman–Crippen MR) is 103 cm³/mol. The van der Waals surface area contributed by atoms with Crippen LogP contribution in [-0.4, -0.2) is 30.8 Å². The molecule has 0 heterocycles. The molecule has 2 atom stereocenters. The van der Waals surface area contributed by atoms with Crippen molar-refractivity contribution in [2.45, 2.75) is 53.0 Å². The fourth-order valence-corrected chi connectivity index (χ4v) is 2.57. The Morgan fingerprint density at radius 3 is 1.92 bits per heavy atom. The fraction of sp³-hybridized carbons (Fsp3) is 0.550. The fourth-order valence-electron chi connectivity index (χ4n) is 2.57. The van der Waals surface area contributed by atoms with E-state index >= 15 is 0 Å². The van der Waals surface area contributed by atoms with E-state index in [0.29, 0.717) is 5.92 Å². The van der Waals surface area contributed by atoms with Crippen LogP contribution >= 0.6 is 0 Å². The molecule has 6 heteroatoms. The SMILES string of the molecule is CCC(C)c1ccc(C(NC(=O)CNC(=O)CNC(C)=O)C(C)C)cc1. The van der Waals surface area contributed by atoms with Gasteiger partial charge in [0.25, 0.3) is 0 Å². The van der Waals surface area contributed by atoms with Crippen molar-refractivity contribution in [1.82, 2.24) is 16.0 Å². The molecular formula is C20H31N3O3. The highest BCUT2D eigenvalue weighted by molar-refractivity contribution is 5.87. The number of hydrogen-bond donors (Lipinski definition) is 3. The molecule has 0 aliphatic heterocycles. The van der Waals surface area contributed by atoms with Crippen molar-refractivity contribution in [3.8, 4) is 0 Å². The van der Waals surface area contributed by atoms with Gasteiger partial charge >= 0.3 is 0 Å². The highest BCUT2D eigenvalue weighted by Gasteiger charge is 2.19. The van der Waals surface area contributed by atoms with Crippen molar-refractivity contribution in [2.75, 3.05) is 13.1 Å². The molecule has 1 aromatic rings. The molecule has 26 heavy (non-hydrogen) atoms. The lowest BCUT2D eigenvalue weighted by atomic mass is 9.92. The van der Waals surface area contributed by atoms with Crippen LogP contribution in [0.25, 0.3) is 0 Å². The molecule has 2 unspecified atom stereocenters. The third-order valence-electron chi connectivity index (χ3n) is 4.40. The van der Waals surface area contributed by atoms with E-state index in [-0.39, 0.29) is 36.9 Å². The van der Waals surface area contributed by atoms with Crippen LogP contribution in [0.1, 0.15) is 64.1 Å². The maximum atomic E-state index is 12.2. The van der Waals surface area contributed by atoms with E-state index < -0.39 is 5.91 Å². The molecule has 0 saturated carbocycles. The maximum Gasteiger partial charge on any atom is 0.239 e. The van der Waals surface area contributed by atoms with Gasteiger partial charge in [-0.25, -0.2) is 0 Å². The van der Waals surface area contributed by atoms with Gasteiger partial charge in [-0.1, -0.05) is 52.0 Å². The number of amides is 3. The second kappa shape index (κ2) is 10.6. The summed E-state index contributed by atoms with van der Waals surface area (Å²) >= 11 is 0. The Labute approximate surface area is 156 Å². The molecule has 0 fully saturated rings. The summed E-state index contributed by atoms with van der Waals surface area (Å²) in [5.41, 5.74) is 2.33. The van der Waals surface area contributed by atoms with Gasteiger partial charge in [0.2, 0.25) is 17.7 Å². The van der Waals surface area contributed by atoms with Gasteiger partial charge in [0.1, 0.15) is 0 Å². The second-order valence-electron chi connectivity index (χ2n) is 6.95. The largest absolute Gasteiger partial charge is 0.348 e. The van der Waals surface area contributed by atoms with Gasteiger partial charge in [0.15, 0.2) is 0 Å². The van der Waals surface area contributed by atoms with Gasteiger partial charge in [-0.3, -0.25) is 14.4 Å². The van der Waals surface area contributed by atoms with E-state index in [4.69, 9.17) is 0 Å². The molecule has 0 saturated heterocycles. The van der Waals surface area contributed by atoms with Crippen LogP contribution in [0.4, 0.5) is 0 Å². The molecule has 0 bridgehead atoms. The molecule has 0 aliphatic carbocycles. The molecule has 0 spiro atoms. The Bertz CT molecular complexity index is 611. The van der Waals surface area contributed by atoms with E-state index in [1.165, 1.54) is 12.5 Å². The first-order valence-corrected chi connectivity index (χ1v) is 9.14. The molecule has 1 rings (SSSR count). The molecule has 6 nitrogen and oxygen atoms in total. The maximum absolute atomic E-state index is 12.2. The van der Waals surface area contributed by atoms with Crippen molar-refractivity contribution in [3.63, 3.8) is 0 Å². The molecule has 0 aromatic heterocycles. The minimum atomic E-state index is -0.394. The van der Waals surface area contributed by atoms with E-state index in [9.17, 15) is 14.4 Å². The number of carbonyl (C=O) groups excluding carboxylic acids is 3. The summed E-state index contributed by atoms with van der Waals surface area (Å²) < 4.78 is 0. The van der Waals surface area contributed by atoms with Gasteiger partial charge in [0.05, 0.1) is 19.1 Å². The van der Waals surface area contributed by atoms with Crippen LogP contribution in [-0.2, 0) is 14.4 Å². The molecule has 1 aromatic carbocycles. The van der Waals surface area contributed by atoms with Crippen molar-refractivity contribution in [3.05, 3.63) is 35.4 Å². The average Bonchev–Trinajstić information content (AvgIpc) is 2.61. The molecule has 0 aliphatic rings. The van der Waals surface area contributed by atoms with Gasteiger partial charge in [0, 0.05) is 6.92 Å². The minimum Gasteiger partial charge on any atom is -0.348 e. The number of benzene rings is 1. The van der Waals surface area contributed by atoms with E-state index in [1.54, 1.807) is 0 Å². The first kappa shape index (κ1) is 21.7. The zero-order valence-electron chi connectivity index (χ0n) is 16.4. The first-order valence-electron chi connectivity index (χ1n) is 9.14. The number of hydrogen-bond acceptors (Lipinski definition) is 3. The zero-order chi connectivity index (χ0) is 19.7. The normalized spacial score (nSPS) is 13.0. The Morgan fingerprint density at radius 2 is 1.42 bits per heavy atom. The summed E-state index contributed by atoms with van der Waals surface area (Å²) in [4.78, 5) is 34.5. The second-order valence-corrected chi connectivity index (χ2v) is 6.95. The quantitative estimate of drug-likeness (QED) is 0.630. The highest BCUT2D eigenvalue weighted by Crippen LogP contribution is 2.25. The highest BCUT2D eigenvalue weighted by atomic mass is 16.2. The van der Waals surface area contributed by atoms with Crippen LogP contribution in [0.3, 0.4) is 0 Å². The molecule has 144 valence electrons. The van der Waals surface area contributed by atoms with Crippen molar-refractivity contribution < 1.29 is 14.4 Å². The lowest BCUT2D eigenvalue weighted by Gasteiger charge is -2.23. The summed E-state index contributed by atoms with van der Waals surface area (Å²) in [5, 5.41) is 7.86. The standard InChI is InChI=1S/C20H31N3O3/c1-6-14(4)16-7-9-17(10-8-16)20(13(2)3)23-19(26)12-22-18(25)11-21-15(5)24/h7-10,13-14,20H,6,11-12H2,1-5H3,(H,21,24)(H,22,25)(H,23,26). The van der Waals surface area contributed by atoms with E-state index in [1.807, 2.05) is 13.8 Å². The van der Waals surface area contributed by atoms with Crippen molar-refractivity contribution >= 4 is 17.7 Å². The molecule has 0 radical (unpaired) electrons. The van der Waals surface area contributed by atoms with Crippen LogP contribution in [0.2, 0.25) is 0 Å². The lowest BCUT2D eigenvalue weighted by molar-refractivity contribution is -0.127. The number of carbonyl (C=O) groups is 3. The lowest BCUT2D eigenvalue weighted by Crippen LogP contribution is -2.43. The number of rotatable bonds is 9. The zero-order valence-corrected chi connectivity index (χ0v) is 16.4. The number of nitrogens with one attached hydrogen (secondary N) is 3. The third kappa shape index (κ3) is 7.25. The molecule has 3 N–H and O–H groups in total. The molecular weight excluding hydrogens is 330 g/mol. The summed E-state index contributed by atoms with van der Waals surface area (Å²) in [6.07, 6.45) is 1.09. The predicted octanol–water partition coefficient (Wildman–Crippen LogP) is 2.27. The minimum absolute atomic E-state index is 0.118. The summed E-state index contributed by atoms with van der Waals surface area (Å²) in [7, 11) is 0. The summed E-state index contributed by atoms with van der Waals surface area (Å²) in [5.74, 6) is -0.219. The Balaban J connectivity index is 2.63. The van der Waals surface area contributed by atoms with Crippen LogP contribution < -0.4 is 16.0 Å². The molecule has 3 amide bonds. The van der Waals surface area contributed by atoms with Gasteiger partial charge < -0.3 is 16.0 Å². The van der Waals surface area contributed by atoms with Crippen molar-refractivity contribution in [2.24, 2.45) is 5.92 Å².